The molecule has 128 valence electrons. The molecule has 1 aliphatic carbocycles. The van der Waals surface area contributed by atoms with Crippen LogP contribution in [0, 0.1) is 0 Å². The van der Waals surface area contributed by atoms with E-state index in [0.717, 1.165) is 80.0 Å². The van der Waals surface area contributed by atoms with Crippen molar-refractivity contribution in [1.82, 2.24) is 4.98 Å². The number of para-hydroxylation sites is 1. The molecule has 1 aromatic heterocycles. The molecule has 1 aliphatic heterocycles. The number of aliphatic hydroxyl groups excluding tert-OH is 1. The van der Waals surface area contributed by atoms with E-state index in [-0.39, 0.29) is 6.10 Å². The number of anilines is 2. The highest BCUT2D eigenvalue weighted by atomic mass is 16.5. The van der Waals surface area contributed by atoms with Crippen molar-refractivity contribution < 1.29 is 9.84 Å². The lowest BCUT2D eigenvalue weighted by Gasteiger charge is -2.34. The second-order valence-electron chi connectivity index (χ2n) is 6.88. The van der Waals surface area contributed by atoms with Crippen molar-refractivity contribution in [1.29, 1.82) is 0 Å². The number of nitrogen functional groups attached to an aromatic ring is 1. The van der Waals surface area contributed by atoms with E-state index >= 15 is 0 Å². The number of nitrogens with zero attached hydrogens (tertiary/aromatic N) is 2. The summed E-state index contributed by atoms with van der Waals surface area (Å²) in [6.07, 6.45) is 3.49. The second kappa shape index (κ2) is 6.57. The molecule has 1 aromatic carbocycles. The van der Waals surface area contributed by atoms with E-state index in [1.165, 1.54) is 0 Å². The van der Waals surface area contributed by atoms with Gasteiger partial charge in [-0.05, 0) is 31.7 Å². The maximum absolute atomic E-state index is 9.85. The summed E-state index contributed by atoms with van der Waals surface area (Å²) in [4.78, 5) is 7.35. The molecule has 5 nitrogen and oxygen atoms in total. The van der Waals surface area contributed by atoms with E-state index in [1.807, 2.05) is 18.2 Å². The number of fused-ring (bicyclic) bond motifs is 1. The van der Waals surface area contributed by atoms with Crippen LogP contribution in [0.5, 0.6) is 0 Å². The van der Waals surface area contributed by atoms with Crippen LogP contribution in [0.25, 0.3) is 10.9 Å². The number of pyridine rings is 1. The summed E-state index contributed by atoms with van der Waals surface area (Å²) in [5.41, 5.74) is 10.6. The first-order valence-corrected chi connectivity index (χ1v) is 8.93. The number of hydrogen-bond donors (Lipinski definition) is 2. The van der Waals surface area contributed by atoms with Crippen molar-refractivity contribution in [3.8, 4) is 0 Å². The third kappa shape index (κ3) is 2.82. The maximum Gasteiger partial charge on any atom is 0.0830 e. The fourth-order valence-corrected chi connectivity index (χ4v) is 4.00. The predicted octanol–water partition coefficient (Wildman–Crippen LogP) is 2.67. The Labute approximate surface area is 142 Å². The van der Waals surface area contributed by atoms with E-state index in [1.54, 1.807) is 0 Å². The highest BCUT2D eigenvalue weighted by molar-refractivity contribution is 5.97. The van der Waals surface area contributed by atoms with Gasteiger partial charge in [0.2, 0.25) is 0 Å². The van der Waals surface area contributed by atoms with E-state index in [4.69, 9.17) is 15.5 Å². The SMILES string of the molecule is Nc1c(N2CCOCC2)c(C2CCC(O)CC2)nc2ccccc12. The van der Waals surface area contributed by atoms with Gasteiger partial charge in [0, 0.05) is 24.4 Å². The Morgan fingerprint density at radius 2 is 1.79 bits per heavy atom. The standard InChI is InChI=1S/C19H25N3O2/c20-17-15-3-1-2-4-16(15)21-18(13-5-7-14(23)8-6-13)19(17)22-9-11-24-12-10-22/h1-4,13-14,23H,5-12H2,(H2,20,21). The van der Waals surface area contributed by atoms with Crippen LogP contribution < -0.4 is 10.6 Å². The summed E-state index contributed by atoms with van der Waals surface area (Å²) < 4.78 is 5.51. The lowest BCUT2D eigenvalue weighted by Crippen LogP contribution is -2.38. The topological polar surface area (TPSA) is 71.6 Å². The number of rotatable bonds is 2. The van der Waals surface area contributed by atoms with Crippen LogP contribution in [0.2, 0.25) is 0 Å². The summed E-state index contributed by atoms with van der Waals surface area (Å²) in [6, 6.07) is 8.11. The zero-order valence-electron chi connectivity index (χ0n) is 13.9. The monoisotopic (exact) mass is 327 g/mol. The van der Waals surface area contributed by atoms with E-state index in [2.05, 4.69) is 11.0 Å². The Hall–Kier alpha value is -1.85. The minimum absolute atomic E-state index is 0.161. The van der Waals surface area contributed by atoms with Gasteiger partial charge in [-0.25, -0.2) is 0 Å². The number of morpholine rings is 1. The summed E-state index contributed by atoms with van der Waals surface area (Å²) in [6.45, 7) is 3.17. The van der Waals surface area contributed by atoms with Gasteiger partial charge in [-0.2, -0.15) is 0 Å². The Bertz CT molecular complexity index is 720. The molecule has 2 fully saturated rings. The number of benzene rings is 1. The van der Waals surface area contributed by atoms with Crippen molar-refractivity contribution >= 4 is 22.3 Å². The van der Waals surface area contributed by atoms with Crippen LogP contribution in [-0.2, 0) is 4.74 Å². The Kier molecular flexibility index (Phi) is 4.29. The van der Waals surface area contributed by atoms with Crippen molar-refractivity contribution in [2.75, 3.05) is 36.9 Å². The number of nitrogens with two attached hydrogens (primary N) is 1. The smallest absolute Gasteiger partial charge is 0.0830 e. The Balaban J connectivity index is 1.82. The van der Waals surface area contributed by atoms with Gasteiger partial charge in [0.25, 0.3) is 0 Å². The first-order valence-electron chi connectivity index (χ1n) is 8.93. The van der Waals surface area contributed by atoms with Gasteiger partial charge in [0.05, 0.1) is 41.9 Å². The van der Waals surface area contributed by atoms with Gasteiger partial charge in [0.1, 0.15) is 0 Å². The first-order chi connectivity index (χ1) is 11.7. The molecule has 1 saturated heterocycles. The lowest BCUT2D eigenvalue weighted by atomic mass is 9.84. The predicted molar refractivity (Wildman–Crippen MR) is 96.4 cm³/mol. The normalized spacial score (nSPS) is 25.1. The van der Waals surface area contributed by atoms with Gasteiger partial charge < -0.3 is 20.5 Å². The highest BCUT2D eigenvalue weighted by Crippen LogP contribution is 2.42. The Morgan fingerprint density at radius 3 is 2.54 bits per heavy atom. The minimum Gasteiger partial charge on any atom is -0.396 e. The van der Waals surface area contributed by atoms with E-state index < -0.39 is 0 Å². The molecule has 0 amide bonds. The van der Waals surface area contributed by atoms with Crippen molar-refractivity contribution in [3.05, 3.63) is 30.0 Å². The summed E-state index contributed by atoms with van der Waals surface area (Å²) in [5, 5.41) is 10.9. The van der Waals surface area contributed by atoms with Crippen molar-refractivity contribution in [2.24, 2.45) is 0 Å². The number of aliphatic hydroxyl groups is 1. The van der Waals surface area contributed by atoms with Gasteiger partial charge in [0.15, 0.2) is 0 Å². The fourth-order valence-electron chi connectivity index (χ4n) is 4.00. The van der Waals surface area contributed by atoms with Gasteiger partial charge in [-0.15, -0.1) is 0 Å². The largest absolute Gasteiger partial charge is 0.396 e. The van der Waals surface area contributed by atoms with E-state index in [0.29, 0.717) is 5.92 Å². The molecule has 2 aromatic rings. The molecule has 24 heavy (non-hydrogen) atoms. The van der Waals surface area contributed by atoms with Gasteiger partial charge in [-0.1, -0.05) is 18.2 Å². The molecule has 4 rings (SSSR count). The minimum atomic E-state index is -0.161. The van der Waals surface area contributed by atoms with Crippen LogP contribution in [0.15, 0.2) is 24.3 Å². The molecule has 3 N–H and O–H groups in total. The van der Waals surface area contributed by atoms with Crippen LogP contribution in [-0.4, -0.2) is 42.5 Å². The number of hydrogen-bond acceptors (Lipinski definition) is 5. The molecule has 2 heterocycles. The average molecular weight is 327 g/mol. The Morgan fingerprint density at radius 1 is 1.08 bits per heavy atom. The van der Waals surface area contributed by atoms with Crippen LogP contribution in [0.1, 0.15) is 37.3 Å². The fraction of sp³-hybridized carbons (Fsp3) is 0.526. The molecule has 0 atom stereocenters. The summed E-state index contributed by atoms with van der Waals surface area (Å²) in [7, 11) is 0. The van der Waals surface area contributed by atoms with Crippen molar-refractivity contribution in [3.63, 3.8) is 0 Å². The first kappa shape index (κ1) is 15.7. The third-order valence-corrected chi connectivity index (χ3v) is 5.34. The number of aromatic nitrogens is 1. The maximum atomic E-state index is 9.85. The average Bonchev–Trinajstić information content (AvgIpc) is 2.63. The molecule has 5 heteroatoms. The highest BCUT2D eigenvalue weighted by Gasteiger charge is 2.28. The number of ether oxygens (including phenoxy) is 1. The third-order valence-electron chi connectivity index (χ3n) is 5.34. The second-order valence-corrected chi connectivity index (χ2v) is 6.88. The zero-order valence-corrected chi connectivity index (χ0v) is 13.9. The van der Waals surface area contributed by atoms with Gasteiger partial charge >= 0.3 is 0 Å². The molecule has 2 aliphatic rings. The quantitative estimate of drug-likeness (QED) is 0.887. The molecular formula is C19H25N3O2. The molecular weight excluding hydrogens is 302 g/mol. The van der Waals surface area contributed by atoms with Gasteiger partial charge in [-0.3, -0.25) is 4.98 Å². The molecule has 0 radical (unpaired) electrons. The zero-order chi connectivity index (χ0) is 16.5. The van der Waals surface area contributed by atoms with Crippen LogP contribution in [0.3, 0.4) is 0 Å². The summed E-state index contributed by atoms with van der Waals surface area (Å²) >= 11 is 0. The molecule has 0 spiro atoms. The van der Waals surface area contributed by atoms with Crippen LogP contribution >= 0.6 is 0 Å². The van der Waals surface area contributed by atoms with Crippen molar-refractivity contribution in [2.45, 2.75) is 37.7 Å². The molecule has 0 bridgehead atoms. The molecule has 0 unspecified atom stereocenters. The lowest BCUT2D eigenvalue weighted by molar-refractivity contribution is 0.120. The molecule has 1 saturated carbocycles. The van der Waals surface area contributed by atoms with Crippen LogP contribution in [0.4, 0.5) is 11.4 Å². The van der Waals surface area contributed by atoms with E-state index in [9.17, 15) is 5.11 Å². The summed E-state index contributed by atoms with van der Waals surface area (Å²) in [5.74, 6) is 0.373.